The van der Waals surface area contributed by atoms with Crippen molar-refractivity contribution >= 4 is 23.6 Å². The van der Waals surface area contributed by atoms with Crippen molar-refractivity contribution in [3.63, 3.8) is 0 Å². The Morgan fingerprint density at radius 1 is 0.914 bits per heavy atom. The van der Waals surface area contributed by atoms with E-state index in [0.717, 1.165) is 17.7 Å². The Labute approximate surface area is 211 Å². The summed E-state index contributed by atoms with van der Waals surface area (Å²) in [5, 5.41) is 2.95. The second-order valence-corrected chi connectivity index (χ2v) is 9.50. The molecule has 1 N–H and O–H groups in total. The van der Waals surface area contributed by atoms with Crippen molar-refractivity contribution < 1.29 is 14.0 Å². The number of amides is 2. The molecule has 3 aromatic carbocycles. The van der Waals surface area contributed by atoms with Crippen LogP contribution in [-0.4, -0.2) is 35.1 Å². The Morgan fingerprint density at radius 3 is 2.20 bits per heavy atom. The minimum atomic E-state index is -0.727. The van der Waals surface area contributed by atoms with E-state index in [1.54, 1.807) is 34.9 Å². The van der Waals surface area contributed by atoms with Crippen LogP contribution in [0.5, 0.6) is 0 Å². The van der Waals surface area contributed by atoms with Gasteiger partial charge in [0.2, 0.25) is 11.8 Å². The molecule has 1 atom stereocenters. The molecule has 0 aromatic heterocycles. The van der Waals surface area contributed by atoms with Gasteiger partial charge < -0.3 is 10.2 Å². The van der Waals surface area contributed by atoms with Crippen molar-refractivity contribution in [1.29, 1.82) is 0 Å². The van der Waals surface area contributed by atoms with Crippen molar-refractivity contribution in [2.75, 3.05) is 12.3 Å². The number of hydrogen-bond acceptors (Lipinski definition) is 3. The molecular weight excluding hydrogens is 459 g/mol. The number of nitrogens with one attached hydrogen (secondary N) is 1. The van der Waals surface area contributed by atoms with Crippen LogP contribution in [0.15, 0.2) is 84.9 Å². The Morgan fingerprint density at radius 2 is 1.54 bits per heavy atom. The number of hydrogen-bond donors (Lipinski definition) is 1. The first-order valence-electron chi connectivity index (χ1n) is 12.0. The number of carbonyl (C=O) groups is 2. The third-order valence-electron chi connectivity index (χ3n) is 5.69. The van der Waals surface area contributed by atoms with Crippen molar-refractivity contribution in [2.24, 2.45) is 0 Å². The summed E-state index contributed by atoms with van der Waals surface area (Å²) < 4.78 is 14.6. The van der Waals surface area contributed by atoms with Crippen LogP contribution in [0.2, 0.25) is 0 Å². The normalized spacial score (nSPS) is 11.6. The first-order chi connectivity index (χ1) is 17.1. The van der Waals surface area contributed by atoms with Crippen LogP contribution in [0.4, 0.5) is 4.39 Å². The number of thioether (sulfide) groups is 1. The molecule has 184 valence electrons. The highest BCUT2D eigenvalue weighted by Crippen LogP contribution is 2.19. The summed E-state index contributed by atoms with van der Waals surface area (Å²) in [6.07, 6.45) is 1.44. The van der Waals surface area contributed by atoms with Crippen LogP contribution >= 0.6 is 11.8 Å². The number of halogens is 1. The molecular formula is C29H33FN2O2S. The molecule has 0 bridgehead atoms. The van der Waals surface area contributed by atoms with Gasteiger partial charge in [-0.3, -0.25) is 9.59 Å². The molecule has 0 heterocycles. The molecule has 0 fully saturated rings. The van der Waals surface area contributed by atoms with E-state index in [2.05, 4.69) is 17.4 Å². The van der Waals surface area contributed by atoms with E-state index in [-0.39, 0.29) is 30.6 Å². The maximum atomic E-state index is 14.6. The predicted octanol–water partition coefficient (Wildman–Crippen LogP) is 5.62. The number of rotatable bonds is 13. The standard InChI is InChI=1S/C29H33FN2O2S/c1-2-18-31-29(34)27(20-23-11-5-3-6-12-23)32(21-25-15-9-10-16-26(25)30)28(33)17-19-35-22-24-13-7-4-8-14-24/h3-16,27H,2,17-22H2,1H3,(H,31,34)/t27-/m0/s1. The van der Waals surface area contributed by atoms with Crippen LogP contribution in [0.25, 0.3) is 0 Å². The largest absolute Gasteiger partial charge is 0.354 e. The Bertz CT molecular complexity index is 1060. The van der Waals surface area contributed by atoms with Gasteiger partial charge in [-0.1, -0.05) is 85.8 Å². The molecule has 0 saturated carbocycles. The van der Waals surface area contributed by atoms with Crippen molar-refractivity contribution in [3.05, 3.63) is 107 Å². The van der Waals surface area contributed by atoms with E-state index in [1.807, 2.05) is 55.5 Å². The highest BCUT2D eigenvalue weighted by atomic mass is 32.2. The SMILES string of the molecule is CCCNC(=O)[C@H](Cc1ccccc1)N(Cc1ccccc1F)C(=O)CCSCc1ccccc1. The van der Waals surface area contributed by atoms with Gasteiger partial charge >= 0.3 is 0 Å². The van der Waals surface area contributed by atoms with E-state index < -0.39 is 6.04 Å². The van der Waals surface area contributed by atoms with Crippen LogP contribution in [-0.2, 0) is 28.3 Å². The van der Waals surface area contributed by atoms with Gasteiger partial charge in [-0.25, -0.2) is 4.39 Å². The van der Waals surface area contributed by atoms with Gasteiger partial charge in [-0.05, 0) is 23.6 Å². The maximum absolute atomic E-state index is 14.6. The minimum Gasteiger partial charge on any atom is -0.354 e. The zero-order chi connectivity index (χ0) is 24.9. The summed E-state index contributed by atoms with van der Waals surface area (Å²) in [6.45, 7) is 2.56. The number of nitrogens with zero attached hydrogens (tertiary/aromatic N) is 1. The van der Waals surface area contributed by atoms with E-state index >= 15 is 0 Å². The molecule has 0 aliphatic rings. The third kappa shape index (κ3) is 8.55. The molecule has 0 aliphatic carbocycles. The fourth-order valence-corrected chi connectivity index (χ4v) is 4.69. The van der Waals surface area contributed by atoms with E-state index in [9.17, 15) is 14.0 Å². The summed E-state index contributed by atoms with van der Waals surface area (Å²) >= 11 is 1.68. The molecule has 3 aromatic rings. The predicted molar refractivity (Wildman–Crippen MR) is 141 cm³/mol. The molecule has 0 saturated heterocycles. The van der Waals surface area contributed by atoms with E-state index in [0.29, 0.717) is 24.3 Å². The van der Waals surface area contributed by atoms with Crippen molar-refractivity contribution in [2.45, 2.75) is 44.5 Å². The van der Waals surface area contributed by atoms with Gasteiger partial charge in [-0.15, -0.1) is 0 Å². The van der Waals surface area contributed by atoms with Crippen LogP contribution in [0, 0.1) is 5.82 Å². The highest BCUT2D eigenvalue weighted by molar-refractivity contribution is 7.98. The van der Waals surface area contributed by atoms with E-state index in [1.165, 1.54) is 11.6 Å². The number of benzene rings is 3. The zero-order valence-corrected chi connectivity index (χ0v) is 21.0. The molecule has 6 heteroatoms. The Balaban J connectivity index is 1.79. The molecule has 2 amide bonds. The average Bonchev–Trinajstić information content (AvgIpc) is 2.89. The topological polar surface area (TPSA) is 49.4 Å². The van der Waals surface area contributed by atoms with Gasteiger partial charge in [0.05, 0.1) is 0 Å². The molecule has 0 aliphatic heterocycles. The van der Waals surface area contributed by atoms with Gasteiger partial charge in [-0.2, -0.15) is 11.8 Å². The van der Waals surface area contributed by atoms with Gasteiger partial charge in [0, 0.05) is 43.0 Å². The van der Waals surface area contributed by atoms with Crippen molar-refractivity contribution in [1.82, 2.24) is 10.2 Å². The summed E-state index contributed by atoms with van der Waals surface area (Å²) in [5.41, 5.74) is 2.56. The molecule has 4 nitrogen and oxygen atoms in total. The monoisotopic (exact) mass is 492 g/mol. The summed E-state index contributed by atoms with van der Waals surface area (Å²) in [4.78, 5) is 28.3. The summed E-state index contributed by atoms with van der Waals surface area (Å²) in [5.74, 6) is 0.692. The Hall–Kier alpha value is -3.12. The fraction of sp³-hybridized carbons (Fsp3) is 0.310. The molecule has 0 unspecified atom stereocenters. The highest BCUT2D eigenvalue weighted by Gasteiger charge is 2.30. The smallest absolute Gasteiger partial charge is 0.243 e. The zero-order valence-electron chi connectivity index (χ0n) is 20.2. The average molecular weight is 493 g/mol. The second kappa shape index (κ2) is 14.3. The second-order valence-electron chi connectivity index (χ2n) is 8.40. The van der Waals surface area contributed by atoms with Crippen LogP contribution < -0.4 is 5.32 Å². The van der Waals surface area contributed by atoms with Crippen LogP contribution in [0.3, 0.4) is 0 Å². The lowest BCUT2D eigenvalue weighted by Gasteiger charge is -2.31. The third-order valence-corrected chi connectivity index (χ3v) is 6.72. The van der Waals surface area contributed by atoms with Gasteiger partial charge in [0.1, 0.15) is 11.9 Å². The molecule has 0 spiro atoms. The maximum Gasteiger partial charge on any atom is 0.243 e. The molecule has 0 radical (unpaired) electrons. The van der Waals surface area contributed by atoms with Crippen molar-refractivity contribution in [3.8, 4) is 0 Å². The number of carbonyl (C=O) groups excluding carboxylic acids is 2. The fourth-order valence-electron chi connectivity index (χ4n) is 3.80. The lowest BCUT2D eigenvalue weighted by atomic mass is 10.0. The summed E-state index contributed by atoms with van der Waals surface area (Å²) in [6, 6.07) is 25.5. The van der Waals surface area contributed by atoms with Gasteiger partial charge in [0.25, 0.3) is 0 Å². The first kappa shape index (κ1) is 26.5. The quantitative estimate of drug-likeness (QED) is 0.315. The van der Waals surface area contributed by atoms with Gasteiger partial charge in [0.15, 0.2) is 0 Å². The minimum absolute atomic E-state index is 0.0475. The molecule has 35 heavy (non-hydrogen) atoms. The summed E-state index contributed by atoms with van der Waals surface area (Å²) in [7, 11) is 0. The molecule has 3 rings (SSSR count). The lowest BCUT2D eigenvalue weighted by Crippen LogP contribution is -2.50. The van der Waals surface area contributed by atoms with E-state index in [4.69, 9.17) is 0 Å². The Kier molecular flexibility index (Phi) is 10.8. The lowest BCUT2D eigenvalue weighted by molar-refractivity contribution is -0.141. The first-order valence-corrected chi connectivity index (χ1v) is 13.2. The van der Waals surface area contributed by atoms with Crippen LogP contribution in [0.1, 0.15) is 36.5 Å².